The lowest BCUT2D eigenvalue weighted by Gasteiger charge is -2.12. The number of benzene rings is 2. The summed E-state index contributed by atoms with van der Waals surface area (Å²) < 4.78 is 2.31. The zero-order valence-corrected chi connectivity index (χ0v) is 20.5. The summed E-state index contributed by atoms with van der Waals surface area (Å²) in [6, 6.07) is 16.9. The number of carbonyl (C=O) groups is 2. The van der Waals surface area contributed by atoms with Gasteiger partial charge in [0.2, 0.25) is 11.8 Å². The number of carbonyl (C=O) groups excluding carboxylic acids is 2. The van der Waals surface area contributed by atoms with E-state index in [0.717, 1.165) is 17.3 Å². The lowest BCUT2D eigenvalue weighted by atomic mass is 10.1. The molecule has 0 radical (unpaired) electrons. The Morgan fingerprint density at radius 2 is 1.18 bits per heavy atom. The third kappa shape index (κ3) is 11.4. The molecule has 0 aliphatic heterocycles. The standard InChI is InChI=1S/C11H14BrNO.C11H14INO/c2*1-8(13-9(2)14)7-10-3-5-11(12)6-4-10/h2*3-6,8H,7H2,1-2H3,(H,13,14). The Bertz CT molecular complexity index is 683. The van der Waals surface area contributed by atoms with Crippen molar-refractivity contribution in [1.82, 2.24) is 10.6 Å². The first-order valence-electron chi connectivity index (χ1n) is 9.18. The molecular weight excluding hydrogens is 531 g/mol. The van der Waals surface area contributed by atoms with Crippen molar-refractivity contribution >= 4 is 50.3 Å². The molecule has 0 saturated carbocycles. The molecule has 2 N–H and O–H groups in total. The average molecular weight is 559 g/mol. The highest BCUT2D eigenvalue weighted by atomic mass is 127. The summed E-state index contributed by atoms with van der Waals surface area (Å²) in [5, 5.41) is 5.72. The van der Waals surface area contributed by atoms with Gasteiger partial charge in [-0.05, 0) is 84.7 Å². The molecule has 0 aliphatic rings. The van der Waals surface area contributed by atoms with Gasteiger partial charge in [0.15, 0.2) is 0 Å². The Labute approximate surface area is 190 Å². The molecule has 0 bridgehead atoms. The van der Waals surface area contributed by atoms with E-state index in [2.05, 4.69) is 85.6 Å². The molecule has 2 rings (SSSR count). The van der Waals surface area contributed by atoms with Gasteiger partial charge in [-0.15, -0.1) is 0 Å². The molecule has 152 valence electrons. The van der Waals surface area contributed by atoms with Crippen molar-refractivity contribution in [2.75, 3.05) is 0 Å². The second-order valence-corrected chi connectivity index (χ2v) is 9.03. The molecule has 6 heteroatoms. The fourth-order valence-electron chi connectivity index (χ4n) is 2.74. The van der Waals surface area contributed by atoms with E-state index in [1.165, 1.54) is 21.6 Å². The van der Waals surface area contributed by atoms with Crippen molar-refractivity contribution in [3.8, 4) is 0 Å². The summed E-state index contributed by atoms with van der Waals surface area (Å²) in [5.74, 6) is 0.0534. The molecule has 0 heterocycles. The van der Waals surface area contributed by atoms with E-state index in [4.69, 9.17) is 0 Å². The second-order valence-electron chi connectivity index (χ2n) is 6.86. The first kappa shape index (κ1) is 24.6. The van der Waals surface area contributed by atoms with Crippen molar-refractivity contribution < 1.29 is 9.59 Å². The minimum Gasteiger partial charge on any atom is -0.354 e. The van der Waals surface area contributed by atoms with Gasteiger partial charge in [-0.3, -0.25) is 9.59 Å². The van der Waals surface area contributed by atoms with Gasteiger partial charge in [0.1, 0.15) is 0 Å². The Morgan fingerprint density at radius 3 is 1.54 bits per heavy atom. The summed E-state index contributed by atoms with van der Waals surface area (Å²) in [7, 11) is 0. The third-order valence-electron chi connectivity index (χ3n) is 3.81. The van der Waals surface area contributed by atoms with Gasteiger partial charge < -0.3 is 10.6 Å². The molecular formula is C22H28BrIN2O2. The van der Waals surface area contributed by atoms with Gasteiger partial charge in [-0.1, -0.05) is 40.2 Å². The second kappa shape index (κ2) is 12.9. The van der Waals surface area contributed by atoms with E-state index in [1.807, 2.05) is 26.0 Å². The maximum Gasteiger partial charge on any atom is 0.217 e. The van der Waals surface area contributed by atoms with Crippen LogP contribution in [-0.2, 0) is 22.4 Å². The van der Waals surface area contributed by atoms with E-state index in [9.17, 15) is 9.59 Å². The summed E-state index contributed by atoms with van der Waals surface area (Å²) >= 11 is 5.66. The van der Waals surface area contributed by atoms with Crippen molar-refractivity contribution in [2.45, 2.75) is 52.6 Å². The zero-order chi connectivity index (χ0) is 21.1. The maximum atomic E-state index is 10.8. The Hall–Kier alpha value is -1.41. The Kier molecular flexibility index (Phi) is 11.4. The van der Waals surface area contributed by atoms with Gasteiger partial charge in [0.25, 0.3) is 0 Å². The minimum atomic E-state index is 0.0228. The van der Waals surface area contributed by atoms with Gasteiger partial charge in [0.05, 0.1) is 0 Å². The lowest BCUT2D eigenvalue weighted by molar-refractivity contribution is -0.120. The molecule has 4 nitrogen and oxygen atoms in total. The number of halogens is 2. The van der Waals surface area contributed by atoms with Crippen molar-refractivity contribution in [1.29, 1.82) is 0 Å². The molecule has 2 unspecified atom stereocenters. The molecule has 0 aromatic heterocycles. The van der Waals surface area contributed by atoms with E-state index in [1.54, 1.807) is 6.92 Å². The zero-order valence-electron chi connectivity index (χ0n) is 16.8. The fourth-order valence-corrected chi connectivity index (χ4v) is 3.37. The molecule has 0 spiro atoms. The van der Waals surface area contributed by atoms with Crippen LogP contribution < -0.4 is 10.6 Å². The van der Waals surface area contributed by atoms with Crippen molar-refractivity contribution in [3.05, 3.63) is 67.7 Å². The highest BCUT2D eigenvalue weighted by Crippen LogP contribution is 2.12. The van der Waals surface area contributed by atoms with Gasteiger partial charge >= 0.3 is 0 Å². The quantitative estimate of drug-likeness (QED) is 0.497. The average Bonchev–Trinajstić information content (AvgIpc) is 2.58. The van der Waals surface area contributed by atoms with Crippen LogP contribution in [-0.4, -0.2) is 23.9 Å². The predicted molar refractivity (Wildman–Crippen MR) is 127 cm³/mol. The smallest absolute Gasteiger partial charge is 0.217 e. The first-order chi connectivity index (χ1) is 13.2. The Balaban J connectivity index is 0.000000280. The number of rotatable bonds is 6. The minimum absolute atomic E-state index is 0.0228. The molecule has 0 fully saturated rings. The molecule has 2 aromatic rings. The largest absolute Gasteiger partial charge is 0.354 e. The normalized spacial score (nSPS) is 12.2. The monoisotopic (exact) mass is 558 g/mol. The van der Waals surface area contributed by atoms with Crippen LogP contribution in [0.15, 0.2) is 53.0 Å². The van der Waals surface area contributed by atoms with Crippen LogP contribution in [0.4, 0.5) is 0 Å². The number of nitrogens with one attached hydrogen (secondary N) is 2. The third-order valence-corrected chi connectivity index (χ3v) is 5.06. The van der Waals surface area contributed by atoms with Crippen molar-refractivity contribution in [2.24, 2.45) is 0 Å². The summed E-state index contributed by atoms with van der Waals surface area (Å²) in [4.78, 5) is 21.6. The number of hydrogen-bond acceptors (Lipinski definition) is 2. The van der Waals surface area contributed by atoms with Crippen LogP contribution in [0.1, 0.15) is 38.8 Å². The van der Waals surface area contributed by atoms with Crippen LogP contribution in [0.25, 0.3) is 0 Å². The van der Waals surface area contributed by atoms with Crippen LogP contribution in [0, 0.1) is 3.57 Å². The SMILES string of the molecule is CC(=O)NC(C)Cc1ccc(Br)cc1.CC(=O)NC(C)Cc1ccc(I)cc1. The highest BCUT2D eigenvalue weighted by molar-refractivity contribution is 14.1. The van der Waals surface area contributed by atoms with Gasteiger partial charge in [0, 0.05) is 34.0 Å². The Morgan fingerprint density at radius 1 is 0.821 bits per heavy atom. The van der Waals surface area contributed by atoms with Crippen molar-refractivity contribution in [3.63, 3.8) is 0 Å². The van der Waals surface area contributed by atoms with Crippen LogP contribution in [0.5, 0.6) is 0 Å². The predicted octanol–water partition coefficient (Wildman–Crippen LogP) is 4.87. The topological polar surface area (TPSA) is 58.2 Å². The maximum absolute atomic E-state index is 10.8. The van der Waals surface area contributed by atoms with Crippen LogP contribution in [0.2, 0.25) is 0 Å². The molecule has 2 atom stereocenters. The van der Waals surface area contributed by atoms with Gasteiger partial charge in [-0.2, -0.15) is 0 Å². The highest BCUT2D eigenvalue weighted by Gasteiger charge is 2.05. The fraction of sp³-hybridized carbons (Fsp3) is 0.364. The van der Waals surface area contributed by atoms with E-state index in [-0.39, 0.29) is 23.9 Å². The van der Waals surface area contributed by atoms with E-state index in [0.29, 0.717) is 0 Å². The first-order valence-corrected chi connectivity index (χ1v) is 11.1. The van der Waals surface area contributed by atoms with E-state index >= 15 is 0 Å². The number of amides is 2. The molecule has 2 amide bonds. The molecule has 0 saturated heterocycles. The summed E-state index contributed by atoms with van der Waals surface area (Å²) in [6.45, 7) is 7.10. The molecule has 0 aliphatic carbocycles. The van der Waals surface area contributed by atoms with Gasteiger partial charge in [-0.25, -0.2) is 0 Å². The lowest BCUT2D eigenvalue weighted by Crippen LogP contribution is -2.31. The summed E-state index contributed by atoms with van der Waals surface area (Å²) in [5.41, 5.74) is 2.49. The summed E-state index contributed by atoms with van der Waals surface area (Å²) in [6.07, 6.45) is 1.75. The van der Waals surface area contributed by atoms with E-state index < -0.39 is 0 Å². The van der Waals surface area contributed by atoms with Crippen LogP contribution in [0.3, 0.4) is 0 Å². The van der Waals surface area contributed by atoms with Crippen LogP contribution >= 0.6 is 38.5 Å². The molecule has 28 heavy (non-hydrogen) atoms. The molecule has 2 aromatic carbocycles. The number of hydrogen-bond donors (Lipinski definition) is 2.